The normalized spacial score (nSPS) is 11.1. The lowest BCUT2D eigenvalue weighted by Gasteiger charge is -2.08. The van der Waals surface area contributed by atoms with Crippen LogP contribution in [-0.2, 0) is 11.3 Å². The lowest BCUT2D eigenvalue weighted by molar-refractivity contribution is 0.146. The van der Waals surface area contributed by atoms with Crippen molar-refractivity contribution in [2.75, 3.05) is 19.8 Å². The van der Waals surface area contributed by atoms with Gasteiger partial charge in [0.15, 0.2) is 0 Å². The van der Waals surface area contributed by atoms with Crippen LogP contribution in [0.2, 0.25) is 0 Å². The summed E-state index contributed by atoms with van der Waals surface area (Å²) in [5, 5.41) is 0. The summed E-state index contributed by atoms with van der Waals surface area (Å²) in [5.41, 5.74) is 4.83. The Bertz CT molecular complexity index is 627. The van der Waals surface area contributed by atoms with Gasteiger partial charge in [-0.15, -0.1) is 0 Å². The average Bonchev–Trinajstić information content (AvgIpc) is 2.56. The van der Waals surface area contributed by atoms with Crippen molar-refractivity contribution in [1.82, 2.24) is 0 Å². The fourth-order valence-corrected chi connectivity index (χ4v) is 2.54. The van der Waals surface area contributed by atoms with E-state index in [9.17, 15) is 0 Å². The van der Waals surface area contributed by atoms with Gasteiger partial charge in [-0.2, -0.15) is 0 Å². The maximum atomic E-state index is 5.87. The van der Waals surface area contributed by atoms with E-state index in [4.69, 9.17) is 9.47 Å². The zero-order valence-corrected chi connectivity index (χ0v) is 14.9. The van der Waals surface area contributed by atoms with Gasteiger partial charge in [-0.1, -0.05) is 29.3 Å². The van der Waals surface area contributed by atoms with E-state index in [1.54, 1.807) is 0 Å². The summed E-state index contributed by atoms with van der Waals surface area (Å²) >= 11 is 0. The Morgan fingerprint density at radius 3 is 2.38 bits per heavy atom. The molecule has 0 aliphatic rings. The van der Waals surface area contributed by atoms with Crippen molar-refractivity contribution in [3.8, 4) is 5.75 Å². The predicted molar refractivity (Wildman–Crippen MR) is 100 cm³/mol. The molecular weight excluding hydrogens is 298 g/mol. The van der Waals surface area contributed by atoms with Crippen molar-refractivity contribution in [1.29, 1.82) is 0 Å². The molecule has 2 aromatic rings. The van der Waals surface area contributed by atoms with Gasteiger partial charge in [0.1, 0.15) is 12.4 Å². The highest BCUT2D eigenvalue weighted by atomic mass is 16.5. The Morgan fingerprint density at radius 2 is 1.71 bits per heavy atom. The van der Waals surface area contributed by atoms with Gasteiger partial charge >= 0.3 is 0 Å². The van der Waals surface area contributed by atoms with Gasteiger partial charge in [0, 0.05) is 26.0 Å². The Labute approximate surface area is 145 Å². The number of ether oxygens (including phenoxy) is 2. The highest BCUT2D eigenvalue weighted by molar-refractivity contribution is 5.79. The minimum Gasteiger partial charge on any atom is -0.489 e. The van der Waals surface area contributed by atoms with Crippen molar-refractivity contribution in [3.63, 3.8) is 0 Å². The molecule has 0 amide bonds. The van der Waals surface area contributed by atoms with Crippen molar-refractivity contribution in [3.05, 3.63) is 64.7 Å². The van der Waals surface area contributed by atoms with E-state index < -0.39 is 0 Å². The Kier molecular flexibility index (Phi) is 7.50. The summed E-state index contributed by atoms with van der Waals surface area (Å²) in [7, 11) is 0. The van der Waals surface area contributed by atoms with Crippen LogP contribution in [0.5, 0.6) is 5.75 Å². The summed E-state index contributed by atoms with van der Waals surface area (Å²) in [5.74, 6) is 0.877. The van der Waals surface area contributed by atoms with Crippen molar-refractivity contribution < 1.29 is 9.47 Å². The highest BCUT2D eigenvalue weighted by Gasteiger charge is 1.99. The molecule has 0 bridgehead atoms. The first kappa shape index (κ1) is 18.2. The third-order valence-electron chi connectivity index (χ3n) is 3.59. The first-order chi connectivity index (χ1) is 11.7. The van der Waals surface area contributed by atoms with Gasteiger partial charge in [0.25, 0.3) is 0 Å². The van der Waals surface area contributed by atoms with Crippen LogP contribution in [0.4, 0.5) is 0 Å². The van der Waals surface area contributed by atoms with E-state index in [-0.39, 0.29) is 0 Å². The quantitative estimate of drug-likeness (QED) is 0.493. The van der Waals surface area contributed by atoms with E-state index in [2.05, 4.69) is 37.0 Å². The van der Waals surface area contributed by atoms with Crippen molar-refractivity contribution in [2.45, 2.75) is 33.8 Å². The number of nitrogens with zero attached hydrogens (tertiary/aromatic N) is 1. The fourth-order valence-electron chi connectivity index (χ4n) is 2.54. The minimum absolute atomic E-state index is 0.591. The Hall–Kier alpha value is -2.13. The van der Waals surface area contributed by atoms with Crippen LogP contribution in [-0.4, -0.2) is 26.0 Å². The predicted octanol–water partition coefficient (Wildman–Crippen LogP) is 4.73. The van der Waals surface area contributed by atoms with Gasteiger partial charge < -0.3 is 9.47 Å². The van der Waals surface area contributed by atoms with Crippen LogP contribution in [0, 0.1) is 13.8 Å². The molecule has 0 aliphatic heterocycles. The minimum atomic E-state index is 0.591. The lowest BCUT2D eigenvalue weighted by Crippen LogP contribution is -1.97. The molecule has 3 nitrogen and oxygen atoms in total. The van der Waals surface area contributed by atoms with E-state index >= 15 is 0 Å². The number of benzene rings is 2. The Morgan fingerprint density at radius 1 is 1.00 bits per heavy atom. The number of hydrogen-bond acceptors (Lipinski definition) is 3. The smallest absolute Gasteiger partial charge is 0.119 e. The van der Waals surface area contributed by atoms with E-state index in [1.165, 1.54) is 16.7 Å². The second kappa shape index (κ2) is 9.89. The van der Waals surface area contributed by atoms with Crippen LogP contribution in [0.1, 0.15) is 35.6 Å². The average molecular weight is 325 g/mol. The van der Waals surface area contributed by atoms with Crippen LogP contribution >= 0.6 is 0 Å². The molecule has 0 unspecified atom stereocenters. The fraction of sp³-hybridized carbons (Fsp3) is 0.381. The largest absolute Gasteiger partial charge is 0.489 e. The maximum absolute atomic E-state index is 5.87. The van der Waals surface area contributed by atoms with Gasteiger partial charge in [-0.25, -0.2) is 0 Å². The first-order valence-corrected chi connectivity index (χ1v) is 8.55. The number of hydrogen-bond donors (Lipinski definition) is 0. The molecule has 0 radical (unpaired) electrons. The first-order valence-electron chi connectivity index (χ1n) is 8.55. The topological polar surface area (TPSA) is 30.8 Å². The van der Waals surface area contributed by atoms with E-state index in [0.29, 0.717) is 6.61 Å². The second-order valence-electron chi connectivity index (χ2n) is 5.94. The molecule has 0 spiro atoms. The monoisotopic (exact) mass is 325 g/mol. The summed E-state index contributed by atoms with van der Waals surface area (Å²) in [6, 6.07) is 14.5. The molecule has 2 rings (SSSR count). The third kappa shape index (κ3) is 6.55. The molecule has 3 heteroatoms. The van der Waals surface area contributed by atoms with Gasteiger partial charge in [-0.05, 0) is 62.6 Å². The van der Waals surface area contributed by atoms with Gasteiger partial charge in [0.2, 0.25) is 0 Å². The van der Waals surface area contributed by atoms with E-state index in [0.717, 1.165) is 37.5 Å². The summed E-state index contributed by atoms with van der Waals surface area (Å²) in [4.78, 5) is 4.41. The molecule has 0 fully saturated rings. The van der Waals surface area contributed by atoms with Crippen molar-refractivity contribution in [2.24, 2.45) is 4.99 Å². The van der Waals surface area contributed by atoms with Crippen LogP contribution in [0.15, 0.2) is 47.5 Å². The standard InChI is InChI=1S/C21H27NO2/c1-4-23-11-5-10-22-15-19-6-8-21(9-7-19)24-16-20-13-17(2)12-18(3)14-20/h6-9,12-15H,4-5,10-11,16H2,1-3H3/b22-15+. The molecule has 128 valence electrons. The molecule has 0 aromatic heterocycles. The van der Waals surface area contributed by atoms with Gasteiger partial charge in [-0.3, -0.25) is 4.99 Å². The highest BCUT2D eigenvalue weighted by Crippen LogP contribution is 2.15. The second-order valence-corrected chi connectivity index (χ2v) is 5.94. The SMILES string of the molecule is CCOCCC/N=C/c1ccc(OCc2cc(C)cc(C)c2)cc1. The number of aliphatic imine (C=N–C) groups is 1. The molecule has 0 heterocycles. The molecular formula is C21H27NO2. The van der Waals surface area contributed by atoms with Crippen LogP contribution in [0.3, 0.4) is 0 Å². The summed E-state index contributed by atoms with van der Waals surface area (Å²) in [6.07, 6.45) is 2.86. The summed E-state index contributed by atoms with van der Waals surface area (Å²) in [6.45, 7) is 9.16. The van der Waals surface area contributed by atoms with Crippen LogP contribution in [0.25, 0.3) is 0 Å². The molecule has 0 saturated heterocycles. The lowest BCUT2D eigenvalue weighted by atomic mass is 10.1. The van der Waals surface area contributed by atoms with E-state index in [1.807, 2.05) is 37.4 Å². The van der Waals surface area contributed by atoms with Crippen molar-refractivity contribution >= 4 is 6.21 Å². The van der Waals surface area contributed by atoms with Crippen LogP contribution < -0.4 is 4.74 Å². The zero-order chi connectivity index (χ0) is 17.2. The third-order valence-corrected chi connectivity index (χ3v) is 3.59. The molecule has 0 N–H and O–H groups in total. The Balaban J connectivity index is 1.80. The molecule has 2 aromatic carbocycles. The number of aryl methyl sites for hydroxylation is 2. The van der Waals surface area contributed by atoms with Gasteiger partial charge in [0.05, 0.1) is 0 Å². The molecule has 0 aliphatic carbocycles. The molecule has 0 atom stereocenters. The summed E-state index contributed by atoms with van der Waals surface area (Å²) < 4.78 is 11.2. The number of rotatable bonds is 9. The molecule has 0 saturated carbocycles. The maximum Gasteiger partial charge on any atom is 0.119 e. The molecule has 24 heavy (non-hydrogen) atoms. The zero-order valence-electron chi connectivity index (χ0n) is 14.9.